The van der Waals surface area contributed by atoms with Gasteiger partial charge in [-0.2, -0.15) is 0 Å². The maximum absolute atomic E-state index is 12.2. The second-order valence-electron chi connectivity index (χ2n) is 3.78. The SMILES string of the molecule is O=C1CC([S+]([O-])c2ccccn2)CCCN1. The zero-order valence-corrected chi connectivity index (χ0v) is 9.70. The van der Waals surface area contributed by atoms with Crippen LogP contribution in [0.4, 0.5) is 0 Å². The summed E-state index contributed by atoms with van der Waals surface area (Å²) in [6.45, 7) is 0.689. The first-order chi connectivity index (χ1) is 7.77. The van der Waals surface area contributed by atoms with Gasteiger partial charge in [-0.15, -0.1) is 0 Å². The quantitative estimate of drug-likeness (QED) is 0.777. The Balaban J connectivity index is 2.08. The molecule has 0 bridgehead atoms. The maximum atomic E-state index is 12.2. The molecule has 0 aromatic carbocycles. The van der Waals surface area contributed by atoms with Crippen molar-refractivity contribution in [1.29, 1.82) is 0 Å². The minimum absolute atomic E-state index is 0.00761. The van der Waals surface area contributed by atoms with E-state index in [9.17, 15) is 9.35 Å². The monoisotopic (exact) mass is 238 g/mol. The fraction of sp³-hybridized carbons (Fsp3) is 0.455. The molecule has 0 radical (unpaired) electrons. The molecule has 1 aliphatic heterocycles. The summed E-state index contributed by atoms with van der Waals surface area (Å²) < 4.78 is 12.2. The Kier molecular flexibility index (Phi) is 3.79. The highest BCUT2D eigenvalue weighted by molar-refractivity contribution is 7.92. The van der Waals surface area contributed by atoms with Crippen molar-refractivity contribution in [2.24, 2.45) is 0 Å². The van der Waals surface area contributed by atoms with Crippen molar-refractivity contribution in [2.45, 2.75) is 29.5 Å². The molecule has 1 aromatic heterocycles. The van der Waals surface area contributed by atoms with Gasteiger partial charge in [-0.05, 0) is 18.9 Å². The number of carbonyl (C=O) groups is 1. The molecule has 2 atom stereocenters. The number of carbonyl (C=O) groups excluding carboxylic acids is 1. The first-order valence-corrected chi connectivity index (χ1v) is 6.57. The fourth-order valence-electron chi connectivity index (χ4n) is 1.76. The van der Waals surface area contributed by atoms with E-state index in [4.69, 9.17) is 0 Å². The van der Waals surface area contributed by atoms with Crippen LogP contribution >= 0.6 is 0 Å². The number of amides is 1. The van der Waals surface area contributed by atoms with Gasteiger partial charge in [-0.1, -0.05) is 6.07 Å². The van der Waals surface area contributed by atoms with Gasteiger partial charge in [0, 0.05) is 30.0 Å². The molecular formula is C11H14N2O2S. The Hall–Kier alpha value is -1.07. The largest absolute Gasteiger partial charge is 0.610 e. The average molecular weight is 238 g/mol. The van der Waals surface area contributed by atoms with E-state index in [-0.39, 0.29) is 11.2 Å². The van der Waals surface area contributed by atoms with Gasteiger partial charge in [0.2, 0.25) is 10.9 Å². The van der Waals surface area contributed by atoms with Crippen molar-refractivity contribution in [3.63, 3.8) is 0 Å². The summed E-state index contributed by atoms with van der Waals surface area (Å²) in [6.07, 6.45) is 3.66. The Morgan fingerprint density at radius 1 is 1.50 bits per heavy atom. The van der Waals surface area contributed by atoms with Crippen molar-refractivity contribution < 1.29 is 9.35 Å². The van der Waals surface area contributed by atoms with Crippen LogP contribution in [-0.2, 0) is 16.0 Å². The summed E-state index contributed by atoms with van der Waals surface area (Å²) >= 11 is -1.17. The third-order valence-electron chi connectivity index (χ3n) is 2.58. The Bertz CT molecular complexity index is 358. The summed E-state index contributed by atoms with van der Waals surface area (Å²) in [5.74, 6) is -0.00761. The summed E-state index contributed by atoms with van der Waals surface area (Å²) in [5, 5.41) is 3.26. The van der Waals surface area contributed by atoms with Crippen molar-refractivity contribution in [3.8, 4) is 0 Å². The molecule has 1 aliphatic rings. The van der Waals surface area contributed by atoms with E-state index >= 15 is 0 Å². The molecule has 86 valence electrons. The molecule has 2 rings (SSSR count). The van der Waals surface area contributed by atoms with Crippen LogP contribution in [0.2, 0.25) is 0 Å². The molecule has 5 heteroatoms. The van der Waals surface area contributed by atoms with E-state index in [0.717, 1.165) is 12.8 Å². The van der Waals surface area contributed by atoms with Crippen LogP contribution in [0.5, 0.6) is 0 Å². The van der Waals surface area contributed by atoms with Crippen LogP contribution in [-0.4, -0.2) is 27.2 Å². The van der Waals surface area contributed by atoms with E-state index in [1.54, 1.807) is 18.3 Å². The second kappa shape index (κ2) is 5.32. The third-order valence-corrected chi connectivity index (χ3v) is 4.25. The molecule has 4 nitrogen and oxygen atoms in total. The minimum Gasteiger partial charge on any atom is -0.610 e. The number of aromatic nitrogens is 1. The average Bonchev–Trinajstić information content (AvgIpc) is 2.54. The van der Waals surface area contributed by atoms with Crippen LogP contribution in [0, 0.1) is 0 Å². The number of nitrogens with zero attached hydrogens (tertiary/aromatic N) is 1. The molecule has 1 aromatic rings. The van der Waals surface area contributed by atoms with Crippen LogP contribution in [0.25, 0.3) is 0 Å². The van der Waals surface area contributed by atoms with Crippen molar-refractivity contribution in [1.82, 2.24) is 10.3 Å². The number of nitrogens with one attached hydrogen (secondary N) is 1. The van der Waals surface area contributed by atoms with E-state index in [1.807, 2.05) is 6.07 Å². The van der Waals surface area contributed by atoms with Gasteiger partial charge in [0.25, 0.3) is 0 Å². The second-order valence-corrected chi connectivity index (χ2v) is 5.46. The van der Waals surface area contributed by atoms with Crippen LogP contribution in [0.15, 0.2) is 29.4 Å². The highest BCUT2D eigenvalue weighted by Gasteiger charge is 2.29. The third kappa shape index (κ3) is 2.74. The van der Waals surface area contributed by atoms with Gasteiger partial charge >= 0.3 is 0 Å². The summed E-state index contributed by atoms with van der Waals surface area (Å²) in [4.78, 5) is 15.4. The number of hydrogen-bond acceptors (Lipinski definition) is 3. The Morgan fingerprint density at radius 3 is 3.12 bits per heavy atom. The van der Waals surface area contributed by atoms with Crippen LogP contribution in [0.3, 0.4) is 0 Å². The molecule has 1 saturated heterocycles. The standard InChI is InChI=1S/C11H14N2O2S/c14-10-8-9(4-3-7-12-10)16(15)11-5-1-2-6-13-11/h1-2,5-6,9H,3-4,7-8H2,(H,12,14). The highest BCUT2D eigenvalue weighted by atomic mass is 32.2. The van der Waals surface area contributed by atoms with E-state index < -0.39 is 11.2 Å². The fourth-order valence-corrected chi connectivity index (χ4v) is 3.16. The van der Waals surface area contributed by atoms with Crippen molar-refractivity contribution in [3.05, 3.63) is 24.4 Å². The summed E-state index contributed by atoms with van der Waals surface area (Å²) in [7, 11) is 0. The molecule has 0 spiro atoms. The predicted molar refractivity (Wildman–Crippen MR) is 61.3 cm³/mol. The van der Waals surface area contributed by atoms with Gasteiger partial charge in [0.05, 0.1) is 6.42 Å². The Morgan fingerprint density at radius 2 is 2.38 bits per heavy atom. The van der Waals surface area contributed by atoms with Gasteiger partial charge in [-0.3, -0.25) is 4.79 Å². The highest BCUT2D eigenvalue weighted by Crippen LogP contribution is 2.21. The number of rotatable bonds is 2. The van der Waals surface area contributed by atoms with E-state index in [0.29, 0.717) is 18.0 Å². The molecule has 1 N–H and O–H groups in total. The van der Waals surface area contributed by atoms with Gasteiger partial charge in [0.15, 0.2) is 0 Å². The van der Waals surface area contributed by atoms with E-state index in [2.05, 4.69) is 10.3 Å². The first kappa shape index (κ1) is 11.4. The van der Waals surface area contributed by atoms with Crippen molar-refractivity contribution in [2.75, 3.05) is 6.54 Å². The lowest BCUT2D eigenvalue weighted by atomic mass is 10.2. The van der Waals surface area contributed by atoms with Gasteiger partial charge in [-0.25, -0.2) is 4.98 Å². The summed E-state index contributed by atoms with van der Waals surface area (Å²) in [5.41, 5.74) is 0. The lowest BCUT2D eigenvalue weighted by molar-refractivity contribution is -0.120. The van der Waals surface area contributed by atoms with Crippen LogP contribution < -0.4 is 5.32 Å². The summed E-state index contributed by atoms with van der Waals surface area (Å²) in [6, 6.07) is 5.36. The normalized spacial score (nSPS) is 23.3. The minimum atomic E-state index is -1.17. The molecular weight excluding hydrogens is 224 g/mol. The molecule has 1 amide bonds. The topological polar surface area (TPSA) is 65.0 Å². The molecule has 2 unspecified atom stereocenters. The zero-order valence-electron chi connectivity index (χ0n) is 8.89. The smallest absolute Gasteiger partial charge is 0.244 e. The van der Waals surface area contributed by atoms with Crippen LogP contribution in [0.1, 0.15) is 19.3 Å². The van der Waals surface area contributed by atoms with Crippen molar-refractivity contribution >= 4 is 17.1 Å². The molecule has 1 fully saturated rings. The predicted octanol–water partition coefficient (Wildman–Crippen LogP) is 0.858. The molecule has 2 heterocycles. The molecule has 16 heavy (non-hydrogen) atoms. The number of pyridine rings is 1. The lowest BCUT2D eigenvalue weighted by Gasteiger charge is -2.17. The molecule has 0 aliphatic carbocycles. The number of hydrogen-bond donors (Lipinski definition) is 1. The lowest BCUT2D eigenvalue weighted by Crippen LogP contribution is -2.28. The van der Waals surface area contributed by atoms with Gasteiger partial charge in [0.1, 0.15) is 5.25 Å². The van der Waals surface area contributed by atoms with E-state index in [1.165, 1.54) is 0 Å². The first-order valence-electron chi connectivity index (χ1n) is 5.35. The Labute approximate surface area is 97.6 Å². The van der Waals surface area contributed by atoms with Gasteiger partial charge < -0.3 is 9.87 Å². The molecule has 0 saturated carbocycles. The maximum Gasteiger partial charge on any atom is 0.244 e. The zero-order chi connectivity index (χ0) is 11.4.